The second-order valence-electron chi connectivity index (χ2n) is 6.33. The van der Waals surface area contributed by atoms with Crippen molar-refractivity contribution in [2.24, 2.45) is 0 Å². The molecule has 2 aromatic carbocycles. The number of aryl methyl sites for hydroxylation is 1. The summed E-state index contributed by atoms with van der Waals surface area (Å²) < 4.78 is 37.1. The van der Waals surface area contributed by atoms with Gasteiger partial charge in [0.1, 0.15) is 5.75 Å². The standard InChI is InChI=1S/C20H26O5S/c1-2-3-4-5-6-7-10-16-11-8-9-12-19(16)25-20-14-13-17(15-18(20)21)26(22,23)24/h8-9,11-15,21H,2-7,10H2,1H3,(H,22,23,24). The predicted molar refractivity (Wildman–Crippen MR) is 102 cm³/mol. The van der Waals surface area contributed by atoms with Gasteiger partial charge in [0.05, 0.1) is 4.90 Å². The van der Waals surface area contributed by atoms with Crippen molar-refractivity contribution < 1.29 is 22.8 Å². The number of rotatable bonds is 10. The lowest BCUT2D eigenvalue weighted by Crippen LogP contribution is -1.98. The highest BCUT2D eigenvalue weighted by Gasteiger charge is 2.14. The van der Waals surface area contributed by atoms with Crippen molar-refractivity contribution in [3.05, 3.63) is 48.0 Å². The Bertz CT molecular complexity index is 815. The zero-order valence-corrected chi connectivity index (χ0v) is 15.8. The van der Waals surface area contributed by atoms with Crippen molar-refractivity contribution in [2.45, 2.75) is 56.8 Å². The van der Waals surface area contributed by atoms with E-state index in [9.17, 15) is 13.5 Å². The molecule has 0 saturated heterocycles. The van der Waals surface area contributed by atoms with Crippen LogP contribution in [0, 0.1) is 0 Å². The first kappa shape index (κ1) is 20.3. The first-order valence-electron chi connectivity index (χ1n) is 8.98. The first-order chi connectivity index (χ1) is 12.4. The van der Waals surface area contributed by atoms with Gasteiger partial charge in [-0.2, -0.15) is 8.42 Å². The zero-order chi connectivity index (χ0) is 19.0. The van der Waals surface area contributed by atoms with Gasteiger partial charge in [-0.3, -0.25) is 4.55 Å². The summed E-state index contributed by atoms with van der Waals surface area (Å²) >= 11 is 0. The van der Waals surface area contributed by atoms with Gasteiger partial charge in [-0.15, -0.1) is 0 Å². The lowest BCUT2D eigenvalue weighted by atomic mass is 10.0. The molecule has 0 amide bonds. The maximum Gasteiger partial charge on any atom is 0.294 e. The normalized spacial score (nSPS) is 11.5. The summed E-state index contributed by atoms with van der Waals surface area (Å²) in [5.41, 5.74) is 1.04. The molecule has 0 aliphatic heterocycles. The Labute approximate surface area is 155 Å². The van der Waals surface area contributed by atoms with Gasteiger partial charge in [-0.05, 0) is 36.6 Å². The van der Waals surface area contributed by atoms with Crippen LogP contribution in [-0.2, 0) is 16.5 Å². The maximum absolute atomic E-state index is 11.1. The Morgan fingerprint density at radius 1 is 0.923 bits per heavy atom. The molecule has 0 unspecified atom stereocenters. The minimum atomic E-state index is -4.36. The molecule has 0 aliphatic rings. The fraction of sp³-hybridized carbons (Fsp3) is 0.400. The molecule has 0 saturated carbocycles. The summed E-state index contributed by atoms with van der Waals surface area (Å²) in [5, 5.41) is 10.0. The molecule has 2 aromatic rings. The van der Waals surface area contributed by atoms with E-state index in [0.29, 0.717) is 5.75 Å². The van der Waals surface area contributed by atoms with Gasteiger partial charge >= 0.3 is 0 Å². The van der Waals surface area contributed by atoms with E-state index in [-0.39, 0.29) is 16.4 Å². The predicted octanol–water partition coefficient (Wildman–Crippen LogP) is 5.33. The van der Waals surface area contributed by atoms with E-state index in [0.717, 1.165) is 24.5 Å². The number of aromatic hydroxyl groups is 1. The van der Waals surface area contributed by atoms with Crippen molar-refractivity contribution >= 4 is 10.1 Å². The zero-order valence-electron chi connectivity index (χ0n) is 15.0. The van der Waals surface area contributed by atoms with Gasteiger partial charge in [-0.1, -0.05) is 57.2 Å². The number of phenols is 1. The van der Waals surface area contributed by atoms with E-state index in [1.54, 1.807) is 0 Å². The van der Waals surface area contributed by atoms with Gasteiger partial charge in [0.2, 0.25) is 0 Å². The van der Waals surface area contributed by atoms with Crippen LogP contribution in [0.15, 0.2) is 47.4 Å². The van der Waals surface area contributed by atoms with Crippen LogP contribution in [0.2, 0.25) is 0 Å². The molecule has 142 valence electrons. The molecular formula is C20H26O5S. The number of hydrogen-bond donors (Lipinski definition) is 2. The van der Waals surface area contributed by atoms with Gasteiger partial charge in [0.25, 0.3) is 10.1 Å². The molecule has 0 atom stereocenters. The lowest BCUT2D eigenvalue weighted by molar-refractivity contribution is 0.406. The summed E-state index contributed by atoms with van der Waals surface area (Å²) in [5.74, 6) is 0.443. The van der Waals surface area contributed by atoms with Crippen molar-refractivity contribution in [1.29, 1.82) is 0 Å². The van der Waals surface area contributed by atoms with Crippen LogP contribution in [0.4, 0.5) is 0 Å². The Hall–Kier alpha value is -2.05. The molecule has 6 heteroatoms. The van der Waals surface area contributed by atoms with E-state index in [1.807, 2.05) is 24.3 Å². The molecule has 0 aromatic heterocycles. The smallest absolute Gasteiger partial charge is 0.294 e. The largest absolute Gasteiger partial charge is 0.504 e. The Kier molecular flexibility index (Phi) is 7.48. The summed E-state index contributed by atoms with van der Waals surface area (Å²) in [7, 11) is -4.36. The topological polar surface area (TPSA) is 83.8 Å². The SMILES string of the molecule is CCCCCCCCc1ccccc1Oc1ccc(S(=O)(=O)O)cc1O. The highest BCUT2D eigenvalue weighted by atomic mass is 32.2. The molecule has 2 N–H and O–H groups in total. The molecule has 0 heterocycles. The minimum absolute atomic E-state index is 0.146. The van der Waals surface area contributed by atoms with Gasteiger partial charge in [0.15, 0.2) is 11.5 Å². The van der Waals surface area contributed by atoms with Gasteiger partial charge in [0, 0.05) is 6.07 Å². The van der Waals surface area contributed by atoms with Crippen molar-refractivity contribution in [2.75, 3.05) is 0 Å². The molecule has 0 bridgehead atoms. The molecule has 0 spiro atoms. The second-order valence-corrected chi connectivity index (χ2v) is 7.75. The average Bonchev–Trinajstić information content (AvgIpc) is 2.60. The second kappa shape index (κ2) is 9.59. The number of para-hydroxylation sites is 1. The van der Waals surface area contributed by atoms with Crippen LogP contribution in [0.3, 0.4) is 0 Å². The fourth-order valence-corrected chi connectivity index (χ4v) is 3.27. The lowest BCUT2D eigenvalue weighted by Gasteiger charge is -2.12. The number of phenolic OH excluding ortho intramolecular Hbond substituents is 1. The van der Waals surface area contributed by atoms with Crippen LogP contribution in [-0.4, -0.2) is 18.1 Å². The molecule has 2 rings (SSSR count). The van der Waals surface area contributed by atoms with Gasteiger partial charge in [-0.25, -0.2) is 0 Å². The highest BCUT2D eigenvalue weighted by Crippen LogP contribution is 2.34. The van der Waals surface area contributed by atoms with E-state index >= 15 is 0 Å². The minimum Gasteiger partial charge on any atom is -0.504 e. The third-order valence-corrected chi connectivity index (χ3v) is 5.07. The average molecular weight is 378 g/mol. The molecule has 26 heavy (non-hydrogen) atoms. The Balaban J connectivity index is 2.04. The van der Waals surface area contributed by atoms with Crippen molar-refractivity contribution in [1.82, 2.24) is 0 Å². The van der Waals surface area contributed by atoms with E-state index in [2.05, 4.69) is 6.92 Å². The number of ether oxygens (including phenoxy) is 1. The van der Waals surface area contributed by atoms with Crippen LogP contribution in [0.5, 0.6) is 17.2 Å². The monoisotopic (exact) mass is 378 g/mol. The molecule has 0 radical (unpaired) electrons. The third kappa shape index (κ3) is 6.04. The van der Waals surface area contributed by atoms with E-state index in [4.69, 9.17) is 9.29 Å². The molecule has 0 fully saturated rings. The number of unbranched alkanes of at least 4 members (excludes halogenated alkanes) is 5. The Morgan fingerprint density at radius 2 is 1.62 bits per heavy atom. The maximum atomic E-state index is 11.1. The van der Waals surface area contributed by atoms with Crippen LogP contribution in [0.25, 0.3) is 0 Å². The molecular weight excluding hydrogens is 352 g/mol. The van der Waals surface area contributed by atoms with Crippen molar-refractivity contribution in [3.63, 3.8) is 0 Å². The quantitative estimate of drug-likeness (QED) is 0.431. The van der Waals surface area contributed by atoms with E-state index in [1.165, 1.54) is 44.2 Å². The number of hydrogen-bond acceptors (Lipinski definition) is 4. The highest BCUT2D eigenvalue weighted by molar-refractivity contribution is 7.85. The first-order valence-corrected chi connectivity index (χ1v) is 10.4. The fourth-order valence-electron chi connectivity index (χ4n) is 2.77. The molecule has 0 aliphatic carbocycles. The van der Waals surface area contributed by atoms with E-state index < -0.39 is 10.1 Å². The molecule has 5 nitrogen and oxygen atoms in total. The number of benzene rings is 2. The summed E-state index contributed by atoms with van der Waals surface area (Å²) in [6, 6.07) is 11.1. The Morgan fingerprint density at radius 3 is 2.31 bits per heavy atom. The van der Waals surface area contributed by atoms with Crippen LogP contribution in [0.1, 0.15) is 51.0 Å². The third-order valence-electron chi connectivity index (χ3n) is 4.22. The van der Waals surface area contributed by atoms with Crippen molar-refractivity contribution in [3.8, 4) is 17.2 Å². The van der Waals surface area contributed by atoms with Crippen LogP contribution >= 0.6 is 0 Å². The van der Waals surface area contributed by atoms with Gasteiger partial charge < -0.3 is 9.84 Å². The summed E-state index contributed by atoms with van der Waals surface area (Å²) in [6.07, 6.45) is 8.12. The summed E-state index contributed by atoms with van der Waals surface area (Å²) in [4.78, 5) is -0.372. The van der Waals surface area contributed by atoms with Crippen LogP contribution < -0.4 is 4.74 Å². The summed E-state index contributed by atoms with van der Waals surface area (Å²) in [6.45, 7) is 2.20.